The van der Waals surface area contributed by atoms with Crippen LogP contribution in [0.25, 0.3) is 0 Å². The van der Waals surface area contributed by atoms with Gasteiger partial charge in [-0.05, 0) is 35.2 Å². The summed E-state index contributed by atoms with van der Waals surface area (Å²) < 4.78 is 39.2. The summed E-state index contributed by atoms with van der Waals surface area (Å²) in [5, 5.41) is 0. The Morgan fingerprint density at radius 1 is 0.947 bits per heavy atom. The molecule has 2 aromatic carbocycles. The van der Waals surface area contributed by atoms with Gasteiger partial charge < -0.3 is 5.73 Å². The number of hydrogen-bond donors (Lipinski definition) is 1. The van der Waals surface area contributed by atoms with E-state index < -0.39 is 23.5 Å². The maximum Gasteiger partial charge on any atom is 0.194 e. The average molecular weight is 265 g/mol. The minimum Gasteiger partial charge on any atom is -0.320 e. The molecule has 2 N–H and O–H groups in total. The molecule has 0 spiro atoms. The first kappa shape index (κ1) is 13.6. The van der Waals surface area contributed by atoms with Gasteiger partial charge in [0.15, 0.2) is 17.5 Å². The third-order valence-corrected chi connectivity index (χ3v) is 3.11. The van der Waals surface area contributed by atoms with Crippen LogP contribution in [-0.4, -0.2) is 0 Å². The third kappa shape index (κ3) is 2.79. The van der Waals surface area contributed by atoms with Crippen LogP contribution in [0.2, 0.25) is 0 Å². The number of halogens is 3. The van der Waals surface area contributed by atoms with Gasteiger partial charge in [-0.3, -0.25) is 0 Å². The third-order valence-electron chi connectivity index (χ3n) is 3.11. The van der Waals surface area contributed by atoms with E-state index in [-0.39, 0.29) is 5.56 Å². The number of rotatable bonds is 3. The van der Waals surface area contributed by atoms with Crippen LogP contribution >= 0.6 is 0 Å². The van der Waals surface area contributed by atoms with E-state index in [4.69, 9.17) is 5.73 Å². The predicted molar refractivity (Wildman–Crippen MR) is 68.2 cm³/mol. The summed E-state index contributed by atoms with van der Waals surface area (Å²) >= 11 is 0. The van der Waals surface area contributed by atoms with Crippen molar-refractivity contribution >= 4 is 0 Å². The highest BCUT2D eigenvalue weighted by molar-refractivity contribution is 5.34. The molecule has 19 heavy (non-hydrogen) atoms. The molecular weight excluding hydrogens is 251 g/mol. The Bertz CT molecular complexity index is 555. The molecule has 0 aromatic heterocycles. The van der Waals surface area contributed by atoms with Crippen molar-refractivity contribution in [1.82, 2.24) is 0 Å². The van der Waals surface area contributed by atoms with Crippen molar-refractivity contribution in [3.63, 3.8) is 0 Å². The largest absolute Gasteiger partial charge is 0.320 e. The van der Waals surface area contributed by atoms with Crippen molar-refractivity contribution < 1.29 is 13.2 Å². The van der Waals surface area contributed by atoms with Crippen LogP contribution in [0.5, 0.6) is 0 Å². The zero-order valence-electron chi connectivity index (χ0n) is 10.5. The standard InChI is InChI=1S/C15H14F3N/c1-2-9-3-5-10(6-4-9)15(19)11-7-12(16)14(18)13(17)8-11/h3-8,15H,2,19H2,1H3. The summed E-state index contributed by atoms with van der Waals surface area (Å²) in [7, 11) is 0. The summed E-state index contributed by atoms with van der Waals surface area (Å²) in [6, 6.07) is 8.60. The Balaban J connectivity index is 2.35. The SMILES string of the molecule is CCc1ccc(C(N)c2cc(F)c(F)c(F)c2)cc1. The highest BCUT2D eigenvalue weighted by atomic mass is 19.2. The van der Waals surface area contributed by atoms with Gasteiger partial charge in [0, 0.05) is 0 Å². The zero-order valence-corrected chi connectivity index (χ0v) is 10.5. The van der Waals surface area contributed by atoms with Crippen LogP contribution in [0, 0.1) is 17.5 Å². The van der Waals surface area contributed by atoms with Crippen LogP contribution in [0.4, 0.5) is 13.2 Å². The summed E-state index contributed by atoms with van der Waals surface area (Å²) in [4.78, 5) is 0. The Kier molecular flexibility index (Phi) is 3.90. The van der Waals surface area contributed by atoms with Gasteiger partial charge >= 0.3 is 0 Å². The Labute approximate surface area is 109 Å². The first-order valence-electron chi connectivity index (χ1n) is 6.01. The van der Waals surface area contributed by atoms with Gasteiger partial charge in [-0.2, -0.15) is 0 Å². The molecule has 1 nitrogen and oxygen atoms in total. The van der Waals surface area contributed by atoms with E-state index >= 15 is 0 Å². The minimum atomic E-state index is -1.47. The van der Waals surface area contributed by atoms with Crippen molar-refractivity contribution in [2.24, 2.45) is 5.73 Å². The zero-order chi connectivity index (χ0) is 14.0. The van der Waals surface area contributed by atoms with Crippen molar-refractivity contribution in [3.05, 3.63) is 70.5 Å². The van der Waals surface area contributed by atoms with Crippen LogP contribution in [0.3, 0.4) is 0 Å². The molecule has 0 radical (unpaired) electrons. The van der Waals surface area contributed by atoms with Gasteiger partial charge in [0.1, 0.15) is 0 Å². The molecule has 0 bridgehead atoms. The maximum atomic E-state index is 13.2. The summed E-state index contributed by atoms with van der Waals surface area (Å²) in [5.41, 5.74) is 8.02. The second kappa shape index (κ2) is 5.45. The van der Waals surface area contributed by atoms with Gasteiger partial charge in [-0.1, -0.05) is 31.2 Å². The van der Waals surface area contributed by atoms with Crippen LogP contribution in [-0.2, 0) is 6.42 Å². The Morgan fingerprint density at radius 3 is 1.95 bits per heavy atom. The van der Waals surface area contributed by atoms with Crippen LogP contribution in [0.1, 0.15) is 29.7 Å². The molecule has 2 aromatic rings. The van der Waals surface area contributed by atoms with E-state index in [1.165, 1.54) is 0 Å². The number of benzene rings is 2. The Morgan fingerprint density at radius 2 is 1.47 bits per heavy atom. The number of hydrogen-bond acceptors (Lipinski definition) is 1. The highest BCUT2D eigenvalue weighted by Gasteiger charge is 2.15. The lowest BCUT2D eigenvalue weighted by Crippen LogP contribution is -2.13. The van der Waals surface area contributed by atoms with Gasteiger partial charge in [0.2, 0.25) is 0 Å². The molecule has 2 rings (SSSR count). The first-order chi connectivity index (χ1) is 9.02. The fourth-order valence-corrected chi connectivity index (χ4v) is 1.91. The van der Waals surface area contributed by atoms with Crippen molar-refractivity contribution in [1.29, 1.82) is 0 Å². The van der Waals surface area contributed by atoms with Gasteiger partial charge in [-0.15, -0.1) is 0 Å². The summed E-state index contributed by atoms with van der Waals surface area (Å²) in [5.74, 6) is -3.93. The fraction of sp³-hybridized carbons (Fsp3) is 0.200. The van der Waals surface area contributed by atoms with Gasteiger partial charge in [0.05, 0.1) is 6.04 Å². The predicted octanol–water partition coefficient (Wildman–Crippen LogP) is 3.71. The molecule has 0 saturated carbocycles. The molecule has 0 aliphatic carbocycles. The second-order valence-electron chi connectivity index (χ2n) is 4.37. The monoisotopic (exact) mass is 265 g/mol. The van der Waals surface area contributed by atoms with E-state index in [2.05, 4.69) is 0 Å². The van der Waals surface area contributed by atoms with E-state index in [1.54, 1.807) is 0 Å². The number of nitrogens with two attached hydrogens (primary N) is 1. The highest BCUT2D eigenvalue weighted by Crippen LogP contribution is 2.23. The lowest BCUT2D eigenvalue weighted by molar-refractivity contribution is 0.444. The number of aryl methyl sites for hydroxylation is 1. The lowest BCUT2D eigenvalue weighted by atomic mass is 9.98. The lowest BCUT2D eigenvalue weighted by Gasteiger charge is -2.13. The minimum absolute atomic E-state index is 0.209. The van der Waals surface area contributed by atoms with E-state index in [1.807, 2.05) is 31.2 Å². The molecule has 1 atom stereocenters. The van der Waals surface area contributed by atoms with E-state index in [0.29, 0.717) is 0 Å². The van der Waals surface area contributed by atoms with E-state index in [0.717, 1.165) is 29.7 Å². The molecule has 0 aliphatic rings. The average Bonchev–Trinajstić information content (AvgIpc) is 2.43. The van der Waals surface area contributed by atoms with E-state index in [9.17, 15) is 13.2 Å². The van der Waals surface area contributed by atoms with Crippen LogP contribution < -0.4 is 5.73 Å². The van der Waals surface area contributed by atoms with Gasteiger partial charge in [0.25, 0.3) is 0 Å². The van der Waals surface area contributed by atoms with Crippen LogP contribution in [0.15, 0.2) is 36.4 Å². The normalized spacial score (nSPS) is 12.5. The summed E-state index contributed by atoms with van der Waals surface area (Å²) in [6.07, 6.45) is 0.898. The quantitative estimate of drug-likeness (QED) is 0.841. The fourth-order valence-electron chi connectivity index (χ4n) is 1.91. The Hall–Kier alpha value is -1.81. The topological polar surface area (TPSA) is 26.0 Å². The smallest absolute Gasteiger partial charge is 0.194 e. The molecule has 0 heterocycles. The molecular formula is C15H14F3N. The molecule has 0 amide bonds. The molecule has 1 unspecified atom stereocenters. The van der Waals surface area contributed by atoms with Crippen molar-refractivity contribution in [2.45, 2.75) is 19.4 Å². The molecule has 0 aliphatic heterocycles. The molecule has 4 heteroatoms. The second-order valence-corrected chi connectivity index (χ2v) is 4.37. The molecule has 100 valence electrons. The summed E-state index contributed by atoms with van der Waals surface area (Å²) in [6.45, 7) is 2.03. The first-order valence-corrected chi connectivity index (χ1v) is 6.01. The molecule has 0 saturated heterocycles. The van der Waals surface area contributed by atoms with Crippen molar-refractivity contribution in [3.8, 4) is 0 Å². The van der Waals surface area contributed by atoms with Gasteiger partial charge in [-0.25, -0.2) is 13.2 Å². The van der Waals surface area contributed by atoms with Crippen molar-refractivity contribution in [2.75, 3.05) is 0 Å². The maximum absolute atomic E-state index is 13.2. The molecule has 0 fully saturated rings.